The molecule has 2 aliphatic carbocycles. The molecule has 4 fully saturated rings. The lowest BCUT2D eigenvalue weighted by Gasteiger charge is -2.26. The van der Waals surface area contributed by atoms with Crippen LogP contribution in [-0.2, 0) is 9.53 Å². The van der Waals surface area contributed by atoms with Crippen LogP contribution in [0.3, 0.4) is 0 Å². The summed E-state index contributed by atoms with van der Waals surface area (Å²) in [4.78, 5) is 51.2. The number of carboxylic acid groups (broad SMARTS) is 1. The minimum atomic E-state index is -1.34. The molecule has 230 valence electrons. The molecule has 1 aromatic carbocycles. The number of anilines is 2. The van der Waals surface area contributed by atoms with E-state index in [1.54, 1.807) is 13.0 Å². The van der Waals surface area contributed by atoms with Crippen LogP contribution >= 0.6 is 0 Å². The Morgan fingerprint density at radius 3 is 2.45 bits per heavy atom. The van der Waals surface area contributed by atoms with E-state index < -0.39 is 35.4 Å². The number of hydrogen-bond acceptors (Lipinski definition) is 7. The number of aryl methyl sites for hydroxylation is 1. The lowest BCUT2D eigenvalue weighted by atomic mass is 10.0. The second-order valence-electron chi connectivity index (χ2n) is 12.1. The lowest BCUT2D eigenvalue weighted by Crippen LogP contribution is -2.33. The lowest BCUT2D eigenvalue weighted by molar-refractivity contribution is -0.119. The van der Waals surface area contributed by atoms with Gasteiger partial charge in [-0.25, -0.2) is 18.4 Å². The molecule has 2 saturated carbocycles. The van der Waals surface area contributed by atoms with Gasteiger partial charge in [0.25, 0.3) is 5.56 Å². The molecule has 2 aliphatic heterocycles. The molecule has 0 bridgehead atoms. The van der Waals surface area contributed by atoms with Crippen LogP contribution in [0.25, 0.3) is 5.52 Å². The summed E-state index contributed by atoms with van der Waals surface area (Å²) >= 11 is 0. The summed E-state index contributed by atoms with van der Waals surface area (Å²) in [6, 6.07) is 5.70. The number of carboxylic acids is 1. The Balaban J connectivity index is 1.05. The Bertz CT molecular complexity index is 1790. The molecule has 2 amide bonds. The van der Waals surface area contributed by atoms with Gasteiger partial charge in [-0.3, -0.25) is 18.9 Å². The number of piperidine rings is 1. The number of rotatable bonds is 8. The zero-order chi connectivity index (χ0) is 31.0. The number of nitrogens with zero attached hydrogens (tertiary/aromatic N) is 3. The van der Waals surface area contributed by atoms with Crippen LogP contribution in [0.15, 0.2) is 35.3 Å². The second-order valence-corrected chi connectivity index (χ2v) is 12.1. The molecule has 7 rings (SSSR count). The number of aromatic nitrogens is 1. The van der Waals surface area contributed by atoms with E-state index in [0.29, 0.717) is 35.5 Å². The third-order valence-corrected chi connectivity index (χ3v) is 9.06. The summed E-state index contributed by atoms with van der Waals surface area (Å²) in [5.41, 5.74) is 1.45. The molecule has 4 heterocycles. The van der Waals surface area contributed by atoms with Crippen LogP contribution < -0.4 is 25.4 Å². The number of benzene rings is 1. The summed E-state index contributed by atoms with van der Waals surface area (Å²) in [6.07, 6.45) is 1.43. The maximum absolute atomic E-state index is 15.5. The van der Waals surface area contributed by atoms with E-state index in [0.717, 1.165) is 29.0 Å². The fourth-order valence-electron chi connectivity index (χ4n) is 6.71. The number of amides is 2. The molecule has 0 spiro atoms. The van der Waals surface area contributed by atoms with E-state index in [4.69, 9.17) is 9.47 Å². The molecule has 2 N–H and O–H groups in total. The quantitative estimate of drug-likeness (QED) is 0.398. The maximum Gasteiger partial charge on any atom is 0.414 e. The highest BCUT2D eigenvalue weighted by molar-refractivity contribution is 5.90. The first-order valence-electron chi connectivity index (χ1n) is 14.6. The van der Waals surface area contributed by atoms with Gasteiger partial charge in [0, 0.05) is 37.9 Å². The van der Waals surface area contributed by atoms with Crippen molar-refractivity contribution in [2.75, 3.05) is 36.0 Å². The molecule has 44 heavy (non-hydrogen) atoms. The maximum atomic E-state index is 15.5. The van der Waals surface area contributed by atoms with Crippen molar-refractivity contribution in [3.05, 3.63) is 69.1 Å². The topological polar surface area (TPSA) is 130 Å². The van der Waals surface area contributed by atoms with Gasteiger partial charge >= 0.3 is 12.1 Å². The van der Waals surface area contributed by atoms with Gasteiger partial charge in [-0.1, -0.05) is 0 Å². The third-order valence-electron chi connectivity index (χ3n) is 9.06. The van der Waals surface area contributed by atoms with Gasteiger partial charge in [0.1, 0.15) is 17.8 Å². The monoisotopic (exact) mass is 608 g/mol. The van der Waals surface area contributed by atoms with Gasteiger partial charge in [0.05, 0.1) is 36.2 Å². The van der Waals surface area contributed by atoms with Crippen LogP contribution in [0.2, 0.25) is 0 Å². The first-order valence-corrected chi connectivity index (χ1v) is 14.6. The number of halogens is 2. The molecule has 3 aromatic rings. The van der Waals surface area contributed by atoms with Crippen molar-refractivity contribution >= 4 is 34.9 Å². The normalized spacial score (nSPS) is 24.0. The van der Waals surface area contributed by atoms with Gasteiger partial charge in [0.15, 0.2) is 17.4 Å². The standard InChI is InChI=1S/C31H30F2N4O7/c1-14-26-19(16-3-4-16)8-20(30(40)41)29(39)37(26)13-24(33)27(14)35-11-21-22(12-35)28(21)44-25-6-5-17(7-23(25)32)36-10-18(43-31(36)42)9-34-15(2)38/h5-8,13,16,18,21-22,28H,3-4,9-12H2,1-2H3,(H,34,38)(H,40,41)/t18?,21-,22+,28?. The van der Waals surface area contributed by atoms with Crippen LogP contribution in [0, 0.1) is 30.4 Å². The van der Waals surface area contributed by atoms with Gasteiger partial charge in [0.2, 0.25) is 5.91 Å². The van der Waals surface area contributed by atoms with Crippen molar-refractivity contribution in [1.82, 2.24) is 9.72 Å². The largest absolute Gasteiger partial charge is 0.487 e. The Morgan fingerprint density at radius 1 is 1.09 bits per heavy atom. The summed E-state index contributed by atoms with van der Waals surface area (Å²) in [7, 11) is 0. The molecule has 4 aliphatic rings. The Kier molecular flexibility index (Phi) is 6.52. The molecular weight excluding hydrogens is 578 g/mol. The summed E-state index contributed by atoms with van der Waals surface area (Å²) in [5, 5.41) is 12.1. The third kappa shape index (κ3) is 4.70. The average molecular weight is 609 g/mol. The fourth-order valence-corrected chi connectivity index (χ4v) is 6.71. The average Bonchev–Trinajstić information content (AvgIpc) is 3.83. The van der Waals surface area contributed by atoms with Crippen molar-refractivity contribution < 1.29 is 37.7 Å². The van der Waals surface area contributed by atoms with E-state index in [1.165, 1.54) is 30.0 Å². The van der Waals surface area contributed by atoms with Crippen LogP contribution in [0.4, 0.5) is 25.0 Å². The molecule has 11 nitrogen and oxygen atoms in total. The number of carbonyl (C=O) groups is 3. The van der Waals surface area contributed by atoms with E-state index >= 15 is 8.78 Å². The van der Waals surface area contributed by atoms with E-state index in [2.05, 4.69) is 5.32 Å². The zero-order valence-corrected chi connectivity index (χ0v) is 24.0. The molecule has 2 aromatic heterocycles. The Morgan fingerprint density at radius 2 is 1.82 bits per heavy atom. The van der Waals surface area contributed by atoms with Crippen molar-refractivity contribution in [2.45, 2.75) is 44.8 Å². The minimum absolute atomic E-state index is 0.0479. The molecule has 13 heteroatoms. The Labute approximate surface area is 250 Å². The molecule has 0 radical (unpaired) electrons. The van der Waals surface area contributed by atoms with Crippen LogP contribution in [-0.4, -0.2) is 65.9 Å². The molecule has 2 saturated heterocycles. The first kappa shape index (κ1) is 28.1. The fraction of sp³-hybridized carbons (Fsp3) is 0.419. The second kappa shape index (κ2) is 10.2. The highest BCUT2D eigenvalue weighted by Gasteiger charge is 2.58. The van der Waals surface area contributed by atoms with Crippen molar-refractivity contribution in [3.63, 3.8) is 0 Å². The number of carbonyl (C=O) groups excluding carboxylic acids is 2. The van der Waals surface area contributed by atoms with Gasteiger partial charge in [-0.2, -0.15) is 0 Å². The first-order chi connectivity index (χ1) is 21.0. The summed E-state index contributed by atoms with van der Waals surface area (Å²) in [6.45, 7) is 4.42. The van der Waals surface area contributed by atoms with Crippen LogP contribution in [0.1, 0.15) is 47.2 Å². The van der Waals surface area contributed by atoms with E-state index in [1.807, 2.05) is 4.90 Å². The van der Waals surface area contributed by atoms with Gasteiger partial charge < -0.3 is 24.8 Å². The highest BCUT2D eigenvalue weighted by Crippen LogP contribution is 2.51. The van der Waals surface area contributed by atoms with Gasteiger partial charge in [-0.15, -0.1) is 0 Å². The Hall–Kier alpha value is -4.68. The highest BCUT2D eigenvalue weighted by atomic mass is 19.1. The number of aromatic carboxylic acids is 1. The molecular formula is C31H30F2N4O7. The number of pyridine rings is 2. The minimum Gasteiger partial charge on any atom is -0.487 e. The number of hydrogen-bond donors (Lipinski definition) is 2. The zero-order valence-electron chi connectivity index (χ0n) is 24.0. The van der Waals surface area contributed by atoms with Crippen molar-refractivity contribution in [1.29, 1.82) is 0 Å². The molecule has 4 atom stereocenters. The van der Waals surface area contributed by atoms with Crippen molar-refractivity contribution in [3.8, 4) is 5.75 Å². The number of fused-ring (bicyclic) bond motifs is 2. The van der Waals surface area contributed by atoms with E-state index in [9.17, 15) is 24.3 Å². The number of nitrogens with one attached hydrogen (secondary N) is 1. The number of cyclic esters (lactones) is 1. The summed E-state index contributed by atoms with van der Waals surface area (Å²) in [5.74, 6) is -2.53. The molecule has 2 unspecified atom stereocenters. The SMILES string of the molecule is CC(=O)NCC1CN(c2ccc(OC3[C@H]4CN(c5c(F)cn6c(=O)c(C(=O)O)cc(C7CC7)c6c5C)C[C@@H]34)c(F)c2)C(=O)O1. The van der Waals surface area contributed by atoms with Crippen LogP contribution in [0.5, 0.6) is 5.75 Å². The van der Waals surface area contributed by atoms with E-state index in [-0.39, 0.29) is 54.2 Å². The van der Waals surface area contributed by atoms with Gasteiger partial charge in [-0.05, 0) is 55.0 Å². The predicted octanol–water partition coefficient (Wildman–Crippen LogP) is 3.44. The number of ether oxygens (including phenoxy) is 2. The summed E-state index contributed by atoms with van der Waals surface area (Å²) < 4.78 is 43.0. The smallest absolute Gasteiger partial charge is 0.414 e. The van der Waals surface area contributed by atoms with Crippen molar-refractivity contribution in [2.24, 2.45) is 11.8 Å². The predicted molar refractivity (Wildman–Crippen MR) is 154 cm³/mol.